The van der Waals surface area contributed by atoms with Gasteiger partial charge in [-0.2, -0.15) is 0 Å². The Hall–Kier alpha value is -2.17. The van der Waals surface area contributed by atoms with Crippen molar-refractivity contribution in [1.29, 1.82) is 0 Å². The highest BCUT2D eigenvalue weighted by Gasteiger charge is 2.11. The molecule has 0 atom stereocenters. The van der Waals surface area contributed by atoms with E-state index in [1.165, 1.54) is 18.5 Å². The average Bonchev–Trinajstić information content (AvgIpc) is 2.45. The smallest absolute Gasteiger partial charge is 0.139 e. The lowest BCUT2D eigenvalue weighted by molar-refractivity contribution is 0.628. The van der Waals surface area contributed by atoms with Gasteiger partial charge in [0.25, 0.3) is 0 Å². The van der Waals surface area contributed by atoms with Crippen LogP contribution in [0.1, 0.15) is 24.5 Å². The Balaban J connectivity index is 2.39. The van der Waals surface area contributed by atoms with Crippen LogP contribution in [0.25, 0.3) is 0 Å². The average molecular weight is 274 g/mol. The molecule has 0 radical (unpaired) electrons. The maximum atomic E-state index is 13.4. The molecular weight excluding hydrogens is 255 g/mol. The fourth-order valence-corrected chi connectivity index (χ4v) is 2.08. The van der Waals surface area contributed by atoms with Crippen LogP contribution in [0.3, 0.4) is 0 Å². The number of benzene rings is 1. The van der Waals surface area contributed by atoms with E-state index in [1.54, 1.807) is 6.07 Å². The Morgan fingerprint density at radius 2 is 1.95 bits per heavy atom. The molecule has 0 spiro atoms. The third-order valence-corrected chi connectivity index (χ3v) is 3.13. The number of halogens is 1. The predicted octanol–water partition coefficient (Wildman–Crippen LogP) is 3.66. The molecule has 1 aromatic heterocycles. The van der Waals surface area contributed by atoms with Gasteiger partial charge in [0.2, 0.25) is 0 Å². The molecule has 0 aliphatic carbocycles. The molecule has 5 heteroatoms. The van der Waals surface area contributed by atoms with Crippen molar-refractivity contribution < 1.29 is 4.39 Å². The molecular formula is C15H19FN4. The van der Waals surface area contributed by atoms with Crippen LogP contribution in [0.2, 0.25) is 0 Å². The summed E-state index contributed by atoms with van der Waals surface area (Å²) in [4.78, 5) is 8.51. The maximum Gasteiger partial charge on any atom is 0.139 e. The Labute approximate surface area is 118 Å². The van der Waals surface area contributed by atoms with Crippen LogP contribution in [0.15, 0.2) is 24.5 Å². The number of nitrogens with zero attached hydrogens (tertiary/aromatic N) is 2. The van der Waals surface area contributed by atoms with Crippen molar-refractivity contribution in [2.45, 2.75) is 26.7 Å². The zero-order valence-electron chi connectivity index (χ0n) is 12.0. The van der Waals surface area contributed by atoms with Gasteiger partial charge in [-0.25, -0.2) is 14.4 Å². The maximum absolute atomic E-state index is 13.4. The molecule has 0 aliphatic heterocycles. The van der Waals surface area contributed by atoms with E-state index in [2.05, 4.69) is 27.5 Å². The van der Waals surface area contributed by atoms with Crippen LogP contribution in [0.5, 0.6) is 0 Å². The van der Waals surface area contributed by atoms with Gasteiger partial charge >= 0.3 is 0 Å². The minimum absolute atomic E-state index is 0.266. The molecule has 20 heavy (non-hydrogen) atoms. The zero-order valence-corrected chi connectivity index (χ0v) is 12.0. The summed E-state index contributed by atoms with van der Waals surface area (Å²) in [5, 5.41) is 6.28. The van der Waals surface area contributed by atoms with E-state index in [9.17, 15) is 4.39 Å². The summed E-state index contributed by atoms with van der Waals surface area (Å²) in [7, 11) is 1.83. The third kappa shape index (κ3) is 3.04. The number of hydrogen-bond acceptors (Lipinski definition) is 4. The Bertz CT molecular complexity index is 598. The molecule has 0 saturated heterocycles. The van der Waals surface area contributed by atoms with Crippen LogP contribution in [0, 0.1) is 12.7 Å². The molecule has 2 aromatic rings. The number of hydrogen-bond donors (Lipinski definition) is 2. The van der Waals surface area contributed by atoms with Crippen molar-refractivity contribution in [3.63, 3.8) is 0 Å². The second-order valence-corrected chi connectivity index (χ2v) is 4.63. The Morgan fingerprint density at radius 1 is 1.20 bits per heavy atom. The van der Waals surface area contributed by atoms with E-state index in [-0.39, 0.29) is 5.82 Å². The second kappa shape index (κ2) is 6.32. The summed E-state index contributed by atoms with van der Waals surface area (Å²) >= 11 is 0. The van der Waals surface area contributed by atoms with Crippen LogP contribution in [-0.4, -0.2) is 17.0 Å². The topological polar surface area (TPSA) is 49.8 Å². The highest BCUT2D eigenvalue weighted by Crippen LogP contribution is 2.26. The summed E-state index contributed by atoms with van der Waals surface area (Å²) in [6, 6.07) is 4.68. The highest BCUT2D eigenvalue weighted by atomic mass is 19.1. The largest absolute Gasteiger partial charge is 0.373 e. The number of aryl methyl sites for hydroxylation is 1. The van der Waals surface area contributed by atoms with Gasteiger partial charge in [-0.05, 0) is 31.0 Å². The van der Waals surface area contributed by atoms with Crippen LogP contribution < -0.4 is 10.6 Å². The van der Waals surface area contributed by atoms with Gasteiger partial charge in [-0.1, -0.05) is 19.4 Å². The lowest BCUT2D eigenvalue weighted by atomic mass is 10.1. The predicted molar refractivity (Wildman–Crippen MR) is 80.0 cm³/mol. The quantitative estimate of drug-likeness (QED) is 0.873. The van der Waals surface area contributed by atoms with E-state index in [4.69, 9.17) is 0 Å². The summed E-state index contributed by atoms with van der Waals surface area (Å²) in [6.07, 6.45) is 3.34. The zero-order chi connectivity index (χ0) is 14.5. The Kier molecular flexibility index (Phi) is 4.50. The van der Waals surface area contributed by atoms with Gasteiger partial charge in [0.1, 0.15) is 23.8 Å². The molecule has 0 aliphatic rings. The van der Waals surface area contributed by atoms with E-state index < -0.39 is 0 Å². The van der Waals surface area contributed by atoms with Gasteiger partial charge in [0.05, 0.1) is 0 Å². The summed E-state index contributed by atoms with van der Waals surface area (Å²) in [6.45, 7) is 4.03. The minimum Gasteiger partial charge on any atom is -0.373 e. The van der Waals surface area contributed by atoms with Crippen LogP contribution >= 0.6 is 0 Å². The summed E-state index contributed by atoms with van der Waals surface area (Å²) in [5.41, 5.74) is 2.71. The van der Waals surface area contributed by atoms with Gasteiger partial charge < -0.3 is 10.6 Å². The molecule has 106 valence electrons. The molecule has 0 bridgehead atoms. The molecule has 1 aromatic carbocycles. The van der Waals surface area contributed by atoms with Crippen LogP contribution in [-0.2, 0) is 6.42 Å². The standard InChI is InChI=1S/C15H19FN4/c1-4-5-12-14(17-3)18-9-19-15(12)20-13-8-11(16)7-6-10(13)2/h6-9H,4-5H2,1-3H3,(H2,17,18,19,20). The van der Waals surface area contributed by atoms with Gasteiger partial charge in [0, 0.05) is 18.3 Å². The minimum atomic E-state index is -0.266. The lowest BCUT2D eigenvalue weighted by Crippen LogP contribution is -2.06. The number of aromatic nitrogens is 2. The van der Waals surface area contributed by atoms with Crippen molar-refractivity contribution in [1.82, 2.24) is 9.97 Å². The third-order valence-electron chi connectivity index (χ3n) is 3.13. The van der Waals surface area contributed by atoms with Crippen LogP contribution in [0.4, 0.5) is 21.7 Å². The van der Waals surface area contributed by atoms with E-state index in [0.717, 1.165) is 41.3 Å². The molecule has 4 nitrogen and oxygen atoms in total. The first-order valence-corrected chi connectivity index (χ1v) is 6.70. The monoisotopic (exact) mass is 274 g/mol. The van der Waals surface area contributed by atoms with Crippen molar-refractivity contribution in [3.05, 3.63) is 41.5 Å². The molecule has 0 unspecified atom stereocenters. The first-order valence-electron chi connectivity index (χ1n) is 6.70. The number of nitrogens with one attached hydrogen (secondary N) is 2. The van der Waals surface area contributed by atoms with E-state index >= 15 is 0 Å². The first kappa shape index (κ1) is 14.2. The van der Waals surface area contributed by atoms with Gasteiger partial charge in [-0.3, -0.25) is 0 Å². The molecule has 0 fully saturated rings. The number of anilines is 3. The van der Waals surface area contributed by atoms with Gasteiger partial charge in [-0.15, -0.1) is 0 Å². The molecule has 0 amide bonds. The fourth-order valence-electron chi connectivity index (χ4n) is 2.08. The molecule has 1 heterocycles. The SMILES string of the molecule is CCCc1c(NC)ncnc1Nc1cc(F)ccc1C. The van der Waals surface area contributed by atoms with Gasteiger partial charge in [0.15, 0.2) is 0 Å². The van der Waals surface area contributed by atoms with E-state index in [1.807, 2.05) is 14.0 Å². The number of rotatable bonds is 5. The van der Waals surface area contributed by atoms with Crippen molar-refractivity contribution in [3.8, 4) is 0 Å². The molecule has 2 N–H and O–H groups in total. The summed E-state index contributed by atoms with van der Waals surface area (Å²) < 4.78 is 13.4. The van der Waals surface area contributed by atoms with Crippen molar-refractivity contribution in [2.24, 2.45) is 0 Å². The first-order chi connectivity index (χ1) is 9.65. The normalized spacial score (nSPS) is 10.4. The second-order valence-electron chi connectivity index (χ2n) is 4.63. The van der Waals surface area contributed by atoms with Crippen molar-refractivity contribution in [2.75, 3.05) is 17.7 Å². The Morgan fingerprint density at radius 3 is 2.65 bits per heavy atom. The van der Waals surface area contributed by atoms with Crippen molar-refractivity contribution >= 4 is 17.3 Å². The fraction of sp³-hybridized carbons (Fsp3) is 0.333. The summed E-state index contributed by atoms with van der Waals surface area (Å²) in [5.74, 6) is 1.26. The lowest BCUT2D eigenvalue weighted by Gasteiger charge is -2.15. The molecule has 2 rings (SSSR count). The van der Waals surface area contributed by atoms with E-state index in [0.29, 0.717) is 0 Å². The highest BCUT2D eigenvalue weighted by molar-refractivity contribution is 5.66. The molecule has 0 saturated carbocycles.